The second kappa shape index (κ2) is 8.94. The highest BCUT2D eigenvalue weighted by Gasteiger charge is 2.25. The van der Waals surface area contributed by atoms with Gasteiger partial charge in [-0.15, -0.1) is 11.8 Å². The van der Waals surface area contributed by atoms with Gasteiger partial charge in [-0.2, -0.15) is 0 Å². The quantitative estimate of drug-likeness (QED) is 0.334. The highest BCUT2D eigenvalue weighted by molar-refractivity contribution is 7.98. The summed E-state index contributed by atoms with van der Waals surface area (Å²) in [6.45, 7) is 3.21. The molecule has 1 aliphatic heterocycles. The molecule has 0 N–H and O–H groups in total. The molecule has 168 valence electrons. The van der Waals surface area contributed by atoms with Gasteiger partial charge in [0.15, 0.2) is 0 Å². The first-order chi connectivity index (χ1) is 16.1. The van der Waals surface area contributed by atoms with Crippen LogP contribution in [-0.2, 0) is 4.79 Å². The van der Waals surface area contributed by atoms with E-state index in [1.54, 1.807) is 24.0 Å². The SMILES string of the molecule is CCC(=O)N1CCC(n2c(=O)ccc3cnc4ccc(-c5ccc(SC)nc5)nc4c32)CC1. The smallest absolute Gasteiger partial charge is 0.251 e. The number of carbonyl (C=O) groups excluding carboxylic acids is 1. The van der Waals surface area contributed by atoms with Gasteiger partial charge in [0.1, 0.15) is 5.52 Å². The number of amides is 1. The summed E-state index contributed by atoms with van der Waals surface area (Å²) >= 11 is 1.60. The van der Waals surface area contributed by atoms with E-state index >= 15 is 0 Å². The molecule has 0 radical (unpaired) electrons. The summed E-state index contributed by atoms with van der Waals surface area (Å²) in [5, 5.41) is 1.84. The van der Waals surface area contributed by atoms with Crippen molar-refractivity contribution in [3.8, 4) is 11.3 Å². The molecule has 0 atom stereocenters. The number of pyridine rings is 4. The monoisotopic (exact) mass is 459 g/mol. The molecule has 4 aromatic heterocycles. The van der Waals surface area contributed by atoms with Crippen molar-refractivity contribution in [3.05, 3.63) is 59.1 Å². The number of hydrogen-bond acceptors (Lipinski definition) is 6. The Labute approximate surface area is 195 Å². The Hall–Kier alpha value is -3.26. The predicted octanol–water partition coefficient (Wildman–Crippen LogP) is 4.30. The van der Waals surface area contributed by atoms with Crippen molar-refractivity contribution in [2.45, 2.75) is 37.3 Å². The minimum atomic E-state index is -0.0477. The molecule has 5 rings (SSSR count). The molecule has 5 heterocycles. The second-order valence-corrected chi connectivity index (χ2v) is 9.05. The van der Waals surface area contributed by atoms with Crippen LogP contribution in [0.3, 0.4) is 0 Å². The topological polar surface area (TPSA) is 81.0 Å². The highest BCUT2D eigenvalue weighted by atomic mass is 32.2. The average Bonchev–Trinajstić information content (AvgIpc) is 2.88. The first kappa shape index (κ1) is 21.6. The molecule has 33 heavy (non-hydrogen) atoms. The molecule has 1 aliphatic rings. The van der Waals surface area contributed by atoms with Crippen LogP contribution in [0.25, 0.3) is 33.2 Å². The van der Waals surface area contributed by atoms with Crippen LogP contribution in [0.15, 0.2) is 58.6 Å². The molecule has 0 bridgehead atoms. The van der Waals surface area contributed by atoms with E-state index in [1.165, 1.54) is 0 Å². The summed E-state index contributed by atoms with van der Waals surface area (Å²) < 4.78 is 1.87. The molecule has 8 heteroatoms. The van der Waals surface area contributed by atoms with Gasteiger partial charge in [0.2, 0.25) is 5.91 Å². The maximum Gasteiger partial charge on any atom is 0.251 e. The third-order valence-electron chi connectivity index (χ3n) is 6.32. The number of likely N-dealkylation sites (tertiary alicyclic amines) is 1. The minimum absolute atomic E-state index is 0.0145. The van der Waals surface area contributed by atoms with Gasteiger partial charge >= 0.3 is 0 Å². The van der Waals surface area contributed by atoms with E-state index in [1.807, 2.05) is 59.2 Å². The predicted molar refractivity (Wildman–Crippen MR) is 131 cm³/mol. The van der Waals surface area contributed by atoms with Gasteiger partial charge in [-0.1, -0.05) is 6.92 Å². The standard InChI is InChI=1S/C25H25N5O2S/c1-3-22(31)29-12-10-18(11-13-29)30-23(32)9-5-17-15-26-20-7-6-19(28-24(20)25(17)30)16-4-8-21(33-2)27-14-16/h4-9,14-15,18H,3,10-13H2,1-2H3. The number of fused-ring (bicyclic) bond motifs is 3. The highest BCUT2D eigenvalue weighted by Crippen LogP contribution is 2.30. The lowest BCUT2D eigenvalue weighted by Crippen LogP contribution is -2.40. The Bertz CT molecular complexity index is 1390. The van der Waals surface area contributed by atoms with Crippen molar-refractivity contribution in [1.29, 1.82) is 0 Å². The summed E-state index contributed by atoms with van der Waals surface area (Å²) in [6.07, 6.45) is 7.62. The zero-order valence-electron chi connectivity index (χ0n) is 18.7. The molecule has 0 aliphatic carbocycles. The summed E-state index contributed by atoms with van der Waals surface area (Å²) in [5.41, 5.74) is 3.93. The molecule has 1 amide bonds. The van der Waals surface area contributed by atoms with E-state index < -0.39 is 0 Å². The van der Waals surface area contributed by atoms with Crippen LogP contribution in [0.5, 0.6) is 0 Å². The van der Waals surface area contributed by atoms with Crippen LogP contribution in [0.1, 0.15) is 32.2 Å². The zero-order valence-corrected chi connectivity index (χ0v) is 19.5. The number of thioether (sulfide) groups is 1. The Kier molecular flexibility index (Phi) is 5.85. The van der Waals surface area contributed by atoms with Crippen LogP contribution in [0.4, 0.5) is 0 Å². The van der Waals surface area contributed by atoms with Crippen molar-refractivity contribution in [1.82, 2.24) is 24.4 Å². The Morgan fingerprint density at radius 1 is 1.06 bits per heavy atom. The molecule has 1 fully saturated rings. The number of carbonyl (C=O) groups is 1. The molecular weight excluding hydrogens is 434 g/mol. The number of nitrogens with zero attached hydrogens (tertiary/aromatic N) is 5. The van der Waals surface area contributed by atoms with Crippen molar-refractivity contribution >= 4 is 39.6 Å². The van der Waals surface area contributed by atoms with E-state index in [2.05, 4.69) is 9.97 Å². The van der Waals surface area contributed by atoms with E-state index in [0.717, 1.165) is 45.5 Å². The minimum Gasteiger partial charge on any atom is -0.343 e. The van der Waals surface area contributed by atoms with Gasteiger partial charge < -0.3 is 9.47 Å². The first-order valence-corrected chi connectivity index (χ1v) is 12.4. The summed E-state index contributed by atoms with van der Waals surface area (Å²) in [7, 11) is 0. The summed E-state index contributed by atoms with van der Waals surface area (Å²) in [6, 6.07) is 11.3. The molecule has 1 saturated heterocycles. The first-order valence-electron chi connectivity index (χ1n) is 11.2. The molecule has 4 aromatic rings. The molecule has 0 saturated carbocycles. The average molecular weight is 460 g/mol. The third kappa shape index (κ3) is 3.99. The molecule has 0 aromatic carbocycles. The fourth-order valence-corrected chi connectivity index (χ4v) is 4.93. The number of piperidine rings is 1. The lowest BCUT2D eigenvalue weighted by atomic mass is 10.0. The fourth-order valence-electron chi connectivity index (χ4n) is 4.57. The largest absolute Gasteiger partial charge is 0.343 e. The second-order valence-electron chi connectivity index (χ2n) is 8.22. The van der Waals surface area contributed by atoms with Crippen LogP contribution in [0, 0.1) is 0 Å². The van der Waals surface area contributed by atoms with Gasteiger partial charge in [0.05, 0.1) is 21.8 Å². The van der Waals surface area contributed by atoms with Gasteiger partial charge in [-0.25, -0.2) is 9.97 Å². The fraction of sp³-hybridized carbons (Fsp3) is 0.320. The van der Waals surface area contributed by atoms with E-state index in [0.29, 0.717) is 25.0 Å². The summed E-state index contributed by atoms with van der Waals surface area (Å²) in [4.78, 5) is 41.1. The maximum absolute atomic E-state index is 13.1. The van der Waals surface area contributed by atoms with E-state index in [-0.39, 0.29) is 17.5 Å². The van der Waals surface area contributed by atoms with Crippen molar-refractivity contribution in [2.75, 3.05) is 19.3 Å². The molecule has 7 nitrogen and oxygen atoms in total. The number of hydrogen-bond donors (Lipinski definition) is 0. The van der Waals surface area contributed by atoms with Gasteiger partial charge in [-0.05, 0) is 49.4 Å². The van der Waals surface area contributed by atoms with Crippen LogP contribution < -0.4 is 5.56 Å². The van der Waals surface area contributed by atoms with Gasteiger partial charge in [-0.3, -0.25) is 14.6 Å². The number of rotatable bonds is 4. The van der Waals surface area contributed by atoms with Crippen molar-refractivity contribution in [3.63, 3.8) is 0 Å². The molecule has 0 spiro atoms. The third-order valence-corrected chi connectivity index (χ3v) is 6.98. The maximum atomic E-state index is 13.1. The van der Waals surface area contributed by atoms with Crippen LogP contribution in [-0.4, -0.2) is 49.7 Å². The summed E-state index contributed by atoms with van der Waals surface area (Å²) in [5.74, 6) is 0.167. The lowest BCUT2D eigenvalue weighted by molar-refractivity contribution is -0.132. The zero-order chi connectivity index (χ0) is 22.9. The van der Waals surface area contributed by atoms with Gasteiger partial charge in [0, 0.05) is 55.0 Å². The normalized spacial score (nSPS) is 14.8. The molecule has 0 unspecified atom stereocenters. The Morgan fingerprint density at radius 3 is 2.58 bits per heavy atom. The Morgan fingerprint density at radius 2 is 1.88 bits per heavy atom. The van der Waals surface area contributed by atoms with Crippen molar-refractivity contribution in [2.24, 2.45) is 0 Å². The Balaban J connectivity index is 1.63. The molecular formula is C25H25N5O2S. The van der Waals surface area contributed by atoms with Crippen LogP contribution in [0.2, 0.25) is 0 Å². The van der Waals surface area contributed by atoms with Crippen LogP contribution >= 0.6 is 11.8 Å². The van der Waals surface area contributed by atoms with E-state index in [9.17, 15) is 9.59 Å². The number of aromatic nitrogens is 4. The van der Waals surface area contributed by atoms with Crippen molar-refractivity contribution < 1.29 is 4.79 Å². The lowest BCUT2D eigenvalue weighted by Gasteiger charge is -2.33. The van der Waals surface area contributed by atoms with Gasteiger partial charge in [0.25, 0.3) is 5.56 Å². The van der Waals surface area contributed by atoms with E-state index in [4.69, 9.17) is 4.98 Å².